The molecule has 4 unspecified atom stereocenters. The number of benzene rings is 1. The summed E-state index contributed by atoms with van der Waals surface area (Å²) in [5.41, 5.74) is -0.612. The van der Waals surface area contributed by atoms with Gasteiger partial charge >= 0.3 is 0 Å². The van der Waals surface area contributed by atoms with E-state index in [1.54, 1.807) is 30.3 Å². The fourth-order valence-electron chi connectivity index (χ4n) is 4.74. The van der Waals surface area contributed by atoms with Crippen LogP contribution >= 0.6 is 0 Å². The van der Waals surface area contributed by atoms with Gasteiger partial charge in [0, 0.05) is 12.5 Å². The fourth-order valence-corrected chi connectivity index (χ4v) is 7.04. The van der Waals surface area contributed by atoms with E-state index < -0.39 is 58.5 Å². The van der Waals surface area contributed by atoms with E-state index in [0.717, 1.165) is 4.57 Å². The van der Waals surface area contributed by atoms with E-state index in [-0.39, 0.29) is 39.4 Å². The molecule has 47 heavy (non-hydrogen) atoms. The number of ether oxygens (including phenoxy) is 2. The van der Waals surface area contributed by atoms with Crippen molar-refractivity contribution in [1.82, 2.24) is 19.1 Å². The zero-order valence-electron chi connectivity index (χ0n) is 29.1. The van der Waals surface area contributed by atoms with Crippen LogP contribution in [0.25, 0.3) is 11.2 Å². The number of carbonyl (C=O) groups is 3. The molecule has 13 nitrogen and oxygen atoms in total. The van der Waals surface area contributed by atoms with Gasteiger partial charge in [-0.25, -0.2) is 9.55 Å². The Morgan fingerprint density at radius 3 is 2.17 bits per heavy atom. The minimum Gasteiger partial charge on any atom is -0.459 e. The molecule has 1 N–H and O–H groups in total. The Bertz CT molecular complexity index is 1690. The highest BCUT2D eigenvalue weighted by molar-refractivity contribution is 6.74. The Morgan fingerprint density at radius 1 is 1.00 bits per heavy atom. The van der Waals surface area contributed by atoms with E-state index >= 15 is 0 Å². The van der Waals surface area contributed by atoms with E-state index in [9.17, 15) is 19.2 Å². The standard InChI is InChI=1S/C32H47N5O8Si2/c1-20(39)34-30-35-26-23(28(41)37(30)27(40)21-15-13-12-14-16-21)33-18-36(26)29-25(45-47(10,11)32(5,6)7)24(42-19-38)22(44-29)17-43-46(8,9)31(2,3)4/h12-16,18-19,22,24-25,29H,17H2,1-11H3,(H,34,35,39). The molecule has 4 rings (SSSR count). The smallest absolute Gasteiger partial charge is 0.293 e. The summed E-state index contributed by atoms with van der Waals surface area (Å²) in [6, 6.07) is 8.19. The molecule has 1 saturated heterocycles. The third-order valence-electron chi connectivity index (χ3n) is 9.53. The first kappa shape index (κ1) is 36.3. The number of anilines is 1. The highest BCUT2D eigenvalue weighted by atomic mass is 28.4. The molecule has 15 heteroatoms. The molecule has 0 bridgehead atoms. The normalized spacial score (nSPS) is 20.7. The third kappa shape index (κ3) is 7.33. The van der Waals surface area contributed by atoms with Crippen molar-refractivity contribution >= 4 is 52.0 Å². The van der Waals surface area contributed by atoms with Gasteiger partial charge in [0.15, 0.2) is 40.1 Å². The zero-order chi connectivity index (χ0) is 35.1. The number of nitrogens with zero attached hydrogens (tertiary/aromatic N) is 4. The zero-order valence-corrected chi connectivity index (χ0v) is 31.1. The molecule has 3 aromatic rings. The summed E-state index contributed by atoms with van der Waals surface area (Å²) in [5.74, 6) is -1.48. The van der Waals surface area contributed by atoms with Crippen LogP contribution in [-0.2, 0) is 27.9 Å². The summed E-state index contributed by atoms with van der Waals surface area (Å²) in [5, 5.41) is 2.23. The van der Waals surface area contributed by atoms with Crippen LogP contribution in [0.2, 0.25) is 36.3 Å². The lowest BCUT2D eigenvalue weighted by molar-refractivity contribution is -0.140. The van der Waals surface area contributed by atoms with Crippen molar-refractivity contribution in [2.75, 3.05) is 11.9 Å². The second-order valence-corrected chi connectivity index (χ2v) is 24.5. The molecular formula is C32H47N5O8Si2. The minimum atomic E-state index is -2.52. The van der Waals surface area contributed by atoms with Crippen LogP contribution in [0, 0.1) is 0 Å². The van der Waals surface area contributed by atoms with Crippen LogP contribution in [0.4, 0.5) is 5.95 Å². The first-order valence-electron chi connectivity index (χ1n) is 15.6. The molecule has 0 saturated carbocycles. The minimum absolute atomic E-state index is 0.0560. The summed E-state index contributed by atoms with van der Waals surface area (Å²) in [7, 11) is -4.75. The molecule has 1 aliphatic heterocycles. The van der Waals surface area contributed by atoms with Crippen LogP contribution in [0.15, 0.2) is 41.5 Å². The number of aromatic nitrogens is 4. The number of rotatable bonds is 10. The van der Waals surface area contributed by atoms with Gasteiger partial charge in [-0.05, 0) is 48.4 Å². The van der Waals surface area contributed by atoms with Gasteiger partial charge in [0.05, 0.1) is 12.9 Å². The van der Waals surface area contributed by atoms with Gasteiger partial charge in [0.2, 0.25) is 11.9 Å². The summed E-state index contributed by atoms with van der Waals surface area (Å²) >= 11 is 0. The van der Waals surface area contributed by atoms with E-state index in [2.05, 4.69) is 83.0 Å². The van der Waals surface area contributed by atoms with Crippen molar-refractivity contribution < 1.29 is 32.7 Å². The van der Waals surface area contributed by atoms with Gasteiger partial charge < -0.3 is 18.3 Å². The van der Waals surface area contributed by atoms with Crippen LogP contribution < -0.4 is 10.9 Å². The third-order valence-corrected chi connectivity index (χ3v) is 18.5. The van der Waals surface area contributed by atoms with Gasteiger partial charge in [-0.15, -0.1) is 0 Å². The molecule has 1 aliphatic rings. The maximum Gasteiger partial charge on any atom is 0.293 e. The molecule has 3 heterocycles. The number of hydrogen-bond donors (Lipinski definition) is 1. The largest absolute Gasteiger partial charge is 0.459 e. The van der Waals surface area contributed by atoms with Crippen LogP contribution in [0.1, 0.15) is 65.1 Å². The molecule has 0 radical (unpaired) electrons. The van der Waals surface area contributed by atoms with Crippen molar-refractivity contribution in [2.24, 2.45) is 0 Å². The van der Waals surface area contributed by atoms with E-state index in [0.29, 0.717) is 6.47 Å². The number of nitrogens with one attached hydrogen (secondary N) is 1. The average molecular weight is 686 g/mol. The molecular weight excluding hydrogens is 639 g/mol. The molecule has 1 fully saturated rings. The predicted molar refractivity (Wildman–Crippen MR) is 182 cm³/mol. The molecule has 4 atom stereocenters. The Balaban J connectivity index is 1.87. The molecule has 1 amide bonds. The quantitative estimate of drug-likeness (QED) is 0.226. The molecule has 2 aromatic heterocycles. The summed E-state index contributed by atoms with van der Waals surface area (Å²) in [4.78, 5) is 60.4. The second kappa shape index (κ2) is 13.2. The van der Waals surface area contributed by atoms with Gasteiger partial charge in [-0.1, -0.05) is 59.7 Å². The maximum atomic E-state index is 13.9. The van der Waals surface area contributed by atoms with Crippen LogP contribution in [-0.4, -0.2) is 78.9 Å². The maximum absolute atomic E-state index is 13.9. The summed E-state index contributed by atoms with van der Waals surface area (Å²) in [6.45, 7) is 22.8. The number of imidazole rings is 1. The molecule has 1 aromatic carbocycles. The lowest BCUT2D eigenvalue weighted by atomic mass is 10.1. The summed E-state index contributed by atoms with van der Waals surface area (Å²) in [6.07, 6.45) is -1.98. The van der Waals surface area contributed by atoms with E-state index in [1.807, 2.05) is 0 Å². The first-order chi connectivity index (χ1) is 21.7. The monoisotopic (exact) mass is 685 g/mol. The lowest BCUT2D eigenvalue weighted by Gasteiger charge is -2.40. The van der Waals surface area contributed by atoms with Gasteiger partial charge in [0.1, 0.15) is 12.2 Å². The topological polar surface area (TPSA) is 153 Å². The van der Waals surface area contributed by atoms with Gasteiger partial charge in [0.25, 0.3) is 17.9 Å². The van der Waals surface area contributed by atoms with Crippen LogP contribution in [0.3, 0.4) is 0 Å². The Morgan fingerprint density at radius 2 is 1.62 bits per heavy atom. The lowest BCUT2D eigenvalue weighted by Crippen LogP contribution is -2.50. The number of carbonyl (C=O) groups excluding carboxylic acids is 3. The second-order valence-electron chi connectivity index (χ2n) is 14.9. The number of fused-ring (bicyclic) bond motifs is 1. The predicted octanol–water partition coefficient (Wildman–Crippen LogP) is 5.09. The molecule has 256 valence electrons. The Kier molecular flexibility index (Phi) is 10.2. The Hall–Kier alpha value is -3.51. The van der Waals surface area contributed by atoms with Crippen LogP contribution in [0.5, 0.6) is 0 Å². The number of hydrogen-bond acceptors (Lipinski definition) is 10. The SMILES string of the molecule is CC(=O)Nc1nc2c(ncn2C2OC(CO[Si](C)(C)C(C)(C)C)C(OC=O)C2O[Si](C)(C)C(C)(C)C)c(=O)n1C(=O)c1ccccc1. The first-order valence-corrected chi connectivity index (χ1v) is 21.4. The molecule has 0 spiro atoms. The highest BCUT2D eigenvalue weighted by Gasteiger charge is 2.53. The fraction of sp³-hybridized carbons (Fsp3) is 0.562. The van der Waals surface area contributed by atoms with Crippen molar-refractivity contribution in [3.63, 3.8) is 0 Å². The van der Waals surface area contributed by atoms with Crippen molar-refractivity contribution in [2.45, 2.75) is 109 Å². The highest BCUT2D eigenvalue weighted by Crippen LogP contribution is 2.44. The van der Waals surface area contributed by atoms with Gasteiger partial charge in [-0.2, -0.15) is 4.98 Å². The summed E-state index contributed by atoms with van der Waals surface area (Å²) < 4.78 is 28.0. The van der Waals surface area contributed by atoms with Crippen molar-refractivity contribution in [1.29, 1.82) is 0 Å². The van der Waals surface area contributed by atoms with E-state index in [1.165, 1.54) is 17.8 Å². The van der Waals surface area contributed by atoms with Gasteiger partial charge in [-0.3, -0.25) is 29.1 Å². The Labute approximate surface area is 277 Å². The average Bonchev–Trinajstić information content (AvgIpc) is 3.52. The van der Waals surface area contributed by atoms with E-state index in [4.69, 9.17) is 18.3 Å². The molecule has 0 aliphatic carbocycles. The van der Waals surface area contributed by atoms with Crippen molar-refractivity contribution in [3.8, 4) is 0 Å². The number of amides is 1. The van der Waals surface area contributed by atoms with Crippen molar-refractivity contribution in [3.05, 3.63) is 52.6 Å².